The fourth-order valence-electron chi connectivity index (χ4n) is 4.35. The van der Waals surface area contributed by atoms with E-state index < -0.39 is 18.7 Å². The van der Waals surface area contributed by atoms with Crippen LogP contribution < -0.4 is 20.5 Å². The second-order valence-electron chi connectivity index (χ2n) is 9.28. The number of pyridine rings is 1. The van der Waals surface area contributed by atoms with Gasteiger partial charge >= 0.3 is 5.97 Å². The molecule has 1 saturated heterocycles. The van der Waals surface area contributed by atoms with Crippen LogP contribution in [0.5, 0.6) is 11.5 Å². The number of carbonyl (C=O) groups is 2. The molecular weight excluding hydrogens is 579 g/mol. The van der Waals surface area contributed by atoms with Crippen LogP contribution in [0.1, 0.15) is 18.5 Å². The predicted octanol–water partition coefficient (Wildman–Crippen LogP) is 5.18. The largest absolute Gasteiger partial charge is 0.489 e. The number of nitrogens with zero attached hydrogens (tertiary/aromatic N) is 4. The van der Waals surface area contributed by atoms with Gasteiger partial charge in [0.1, 0.15) is 49.6 Å². The van der Waals surface area contributed by atoms with Crippen molar-refractivity contribution in [2.24, 2.45) is 0 Å². The highest BCUT2D eigenvalue weighted by Gasteiger charge is 2.32. The number of fused-ring (bicyclic) bond motifs is 1. The molecule has 1 fully saturated rings. The molecule has 1 atom stereocenters. The van der Waals surface area contributed by atoms with Gasteiger partial charge in [-0.3, -0.25) is 9.78 Å². The van der Waals surface area contributed by atoms with Crippen LogP contribution in [0.3, 0.4) is 0 Å². The highest BCUT2D eigenvalue weighted by molar-refractivity contribution is 6.32. The van der Waals surface area contributed by atoms with Gasteiger partial charge in [-0.1, -0.05) is 24.2 Å². The van der Waals surface area contributed by atoms with Crippen molar-refractivity contribution in [1.82, 2.24) is 19.9 Å². The van der Waals surface area contributed by atoms with Crippen LogP contribution >= 0.6 is 11.6 Å². The number of carbonyl (C=O) groups excluding carboxylic acids is 1. The lowest BCUT2D eigenvalue weighted by Gasteiger charge is -2.18. The third-order valence-corrected chi connectivity index (χ3v) is 6.69. The molecule has 0 aliphatic carbocycles. The molecule has 1 aliphatic heterocycles. The van der Waals surface area contributed by atoms with E-state index in [1.54, 1.807) is 30.5 Å². The summed E-state index contributed by atoms with van der Waals surface area (Å²) >= 11 is 6.39. The van der Waals surface area contributed by atoms with Gasteiger partial charge in [0, 0.05) is 29.9 Å². The van der Waals surface area contributed by atoms with Crippen molar-refractivity contribution in [1.29, 1.82) is 0 Å². The normalized spacial score (nSPS) is 14.0. The van der Waals surface area contributed by atoms with Gasteiger partial charge in [0.2, 0.25) is 5.91 Å². The molecule has 0 radical (unpaired) electrons. The van der Waals surface area contributed by atoms with E-state index in [9.17, 15) is 14.0 Å². The fraction of sp³-hybridized carbons (Fsp3) is 0.233. The zero-order valence-electron chi connectivity index (χ0n) is 23.1. The standard InChI is InChI=1S/C22H19ClFN5O2.C8H11NO3/c23-17-9-14(4-5-20(17)31-12-15-3-1-2-7-26-15)29-22-16-10-18(25)21(30-8-6-24)11-19(16)27-13-28-22;1-2-7(10)9-5-3-4-6(9)8(11)12/h1-5,7,9-11,13H,6,8,12,25H2,(H,27,28,29);2,6H,1,3-5H2,(H,11,12)/t;6-/m.0/s1. The van der Waals surface area contributed by atoms with Crippen LogP contribution in [0, 0.1) is 0 Å². The summed E-state index contributed by atoms with van der Waals surface area (Å²) < 4.78 is 23.5. The van der Waals surface area contributed by atoms with E-state index in [1.165, 1.54) is 11.2 Å². The average molecular weight is 609 g/mol. The smallest absolute Gasteiger partial charge is 0.326 e. The van der Waals surface area contributed by atoms with Crippen LogP contribution in [0.4, 0.5) is 21.6 Å². The van der Waals surface area contributed by atoms with Gasteiger partial charge in [0.25, 0.3) is 0 Å². The van der Waals surface area contributed by atoms with Crippen molar-refractivity contribution in [3.8, 4) is 11.5 Å². The molecule has 13 heteroatoms. The number of hydrogen-bond acceptors (Lipinski definition) is 9. The molecule has 0 unspecified atom stereocenters. The van der Waals surface area contributed by atoms with E-state index >= 15 is 0 Å². The van der Waals surface area contributed by atoms with Crippen LogP contribution in [-0.4, -0.2) is 62.7 Å². The van der Waals surface area contributed by atoms with E-state index in [2.05, 4.69) is 26.8 Å². The minimum atomic E-state index is -0.928. The molecule has 2 aromatic heterocycles. The first kappa shape index (κ1) is 31.0. The zero-order chi connectivity index (χ0) is 30.8. The Balaban J connectivity index is 0.000000296. The van der Waals surface area contributed by atoms with Gasteiger partial charge < -0.3 is 30.5 Å². The molecule has 0 spiro atoms. The zero-order valence-corrected chi connectivity index (χ0v) is 23.8. The Morgan fingerprint density at radius 2 is 2.00 bits per heavy atom. The number of aromatic nitrogens is 3. The predicted molar refractivity (Wildman–Crippen MR) is 161 cm³/mol. The highest BCUT2D eigenvalue weighted by atomic mass is 35.5. The number of ether oxygens (including phenoxy) is 2. The first-order valence-corrected chi connectivity index (χ1v) is 13.7. The fourth-order valence-corrected chi connectivity index (χ4v) is 4.58. The molecule has 0 saturated carbocycles. The molecule has 4 N–H and O–H groups in total. The van der Waals surface area contributed by atoms with Gasteiger partial charge in [-0.2, -0.15) is 0 Å². The number of rotatable bonds is 10. The lowest BCUT2D eigenvalue weighted by Crippen LogP contribution is -2.39. The van der Waals surface area contributed by atoms with Gasteiger partial charge in [-0.25, -0.2) is 19.2 Å². The average Bonchev–Trinajstić information content (AvgIpc) is 3.51. The molecule has 5 rings (SSSR count). The number of nitrogen functional groups attached to an aromatic ring is 1. The second kappa shape index (κ2) is 14.8. The summed E-state index contributed by atoms with van der Waals surface area (Å²) in [6, 6.07) is 13.7. The van der Waals surface area contributed by atoms with Crippen molar-refractivity contribution in [2.45, 2.75) is 25.5 Å². The maximum atomic E-state index is 12.4. The van der Waals surface area contributed by atoms with E-state index in [4.69, 9.17) is 31.9 Å². The van der Waals surface area contributed by atoms with E-state index in [0.717, 1.165) is 18.2 Å². The number of halogens is 2. The molecule has 1 aliphatic rings. The first-order chi connectivity index (χ1) is 20.8. The Labute approximate surface area is 252 Å². The summed E-state index contributed by atoms with van der Waals surface area (Å²) in [5.41, 5.74) is 8.55. The number of aliphatic carboxylic acids is 1. The summed E-state index contributed by atoms with van der Waals surface area (Å²) in [7, 11) is 0. The van der Waals surface area contributed by atoms with Gasteiger partial charge in [0.05, 0.1) is 21.9 Å². The van der Waals surface area contributed by atoms with E-state index in [0.29, 0.717) is 64.2 Å². The van der Waals surface area contributed by atoms with Gasteiger partial charge in [-0.15, -0.1) is 0 Å². The van der Waals surface area contributed by atoms with Crippen LogP contribution in [0.15, 0.2) is 73.7 Å². The Morgan fingerprint density at radius 1 is 1.16 bits per heavy atom. The molecule has 0 bridgehead atoms. The summed E-state index contributed by atoms with van der Waals surface area (Å²) in [5.74, 6) is 0.256. The van der Waals surface area contributed by atoms with Crippen molar-refractivity contribution >= 4 is 51.6 Å². The molecule has 3 heterocycles. The Hall–Kier alpha value is -4.97. The summed E-state index contributed by atoms with van der Waals surface area (Å²) in [6.07, 6.45) is 5.60. The molecule has 224 valence electrons. The molecule has 43 heavy (non-hydrogen) atoms. The van der Waals surface area contributed by atoms with E-state index in [1.807, 2.05) is 24.3 Å². The van der Waals surface area contributed by atoms with Crippen LogP contribution in [0.2, 0.25) is 5.02 Å². The highest BCUT2D eigenvalue weighted by Crippen LogP contribution is 2.33. The maximum Gasteiger partial charge on any atom is 0.326 e. The van der Waals surface area contributed by atoms with E-state index in [-0.39, 0.29) is 12.5 Å². The van der Waals surface area contributed by atoms with Crippen molar-refractivity contribution in [2.75, 3.05) is 30.9 Å². The number of likely N-dealkylation sites (tertiary alicyclic amines) is 1. The van der Waals surface area contributed by atoms with Crippen molar-refractivity contribution in [3.05, 3.63) is 84.4 Å². The van der Waals surface area contributed by atoms with Gasteiger partial charge in [0.15, 0.2) is 0 Å². The number of carboxylic acids is 1. The third-order valence-electron chi connectivity index (χ3n) is 6.39. The SMILES string of the molecule is C=CC(=O)N1CCC[C@H]1C(=O)O.Nc1cc2c(Nc3ccc(OCc4ccccn4)c(Cl)c3)ncnc2cc1OCCF. The monoisotopic (exact) mass is 608 g/mol. The minimum Gasteiger partial charge on any atom is -0.489 e. The lowest BCUT2D eigenvalue weighted by atomic mass is 10.2. The number of amides is 1. The summed E-state index contributed by atoms with van der Waals surface area (Å²) in [4.78, 5) is 35.8. The second-order valence-corrected chi connectivity index (χ2v) is 9.69. The molecular formula is C30H30ClFN6O5. The quantitative estimate of drug-likeness (QED) is 0.162. The number of benzene rings is 2. The Morgan fingerprint density at radius 3 is 2.70 bits per heavy atom. The number of anilines is 3. The van der Waals surface area contributed by atoms with Gasteiger partial charge in [-0.05, 0) is 55.3 Å². The topological polar surface area (TPSA) is 153 Å². The number of hydrogen-bond donors (Lipinski definition) is 3. The lowest BCUT2D eigenvalue weighted by molar-refractivity contribution is -0.146. The van der Waals surface area contributed by atoms with Crippen molar-refractivity contribution < 1.29 is 28.6 Å². The molecule has 4 aromatic rings. The summed E-state index contributed by atoms with van der Waals surface area (Å²) in [6.45, 7) is 3.49. The summed E-state index contributed by atoms with van der Waals surface area (Å²) in [5, 5.41) is 13.1. The van der Waals surface area contributed by atoms with Crippen LogP contribution in [-0.2, 0) is 16.2 Å². The molecule has 2 aromatic carbocycles. The number of alkyl halides is 1. The Kier molecular flexibility index (Phi) is 10.6. The Bertz CT molecular complexity index is 1590. The molecule has 11 nitrogen and oxygen atoms in total. The number of nitrogens with one attached hydrogen (secondary N) is 1. The first-order valence-electron chi connectivity index (χ1n) is 13.3. The minimum absolute atomic E-state index is 0.0703. The number of carboxylic acid groups (broad SMARTS) is 1. The third kappa shape index (κ3) is 8.07. The van der Waals surface area contributed by atoms with Crippen molar-refractivity contribution in [3.63, 3.8) is 0 Å². The maximum absolute atomic E-state index is 12.4. The van der Waals surface area contributed by atoms with Crippen LogP contribution in [0.25, 0.3) is 10.9 Å². The number of nitrogens with two attached hydrogens (primary N) is 1. The molecule has 1 amide bonds.